The molecular formula is C12H24N2O4S. The summed E-state index contributed by atoms with van der Waals surface area (Å²) < 4.78 is 30.9. The monoisotopic (exact) mass is 292 g/mol. The zero-order chi connectivity index (χ0) is 14.6. The van der Waals surface area contributed by atoms with Crippen LogP contribution in [0.2, 0.25) is 0 Å². The Morgan fingerprint density at radius 1 is 1.42 bits per heavy atom. The van der Waals surface area contributed by atoms with E-state index in [1.807, 2.05) is 13.8 Å². The van der Waals surface area contributed by atoms with E-state index in [9.17, 15) is 13.2 Å². The lowest BCUT2D eigenvalue weighted by Crippen LogP contribution is -2.49. The van der Waals surface area contributed by atoms with E-state index in [2.05, 4.69) is 10.1 Å². The lowest BCUT2D eigenvalue weighted by molar-refractivity contribution is -0.139. The number of nitrogens with one attached hydrogen (secondary N) is 1. The van der Waals surface area contributed by atoms with Gasteiger partial charge in [-0.05, 0) is 40.2 Å². The van der Waals surface area contributed by atoms with Gasteiger partial charge in [0, 0.05) is 18.6 Å². The topological polar surface area (TPSA) is 75.7 Å². The SMILES string of the molecule is COC(=O)C(C)S(=O)(=O)N(CC1CCCN1)C(C)C. The van der Waals surface area contributed by atoms with E-state index in [1.54, 1.807) is 0 Å². The largest absolute Gasteiger partial charge is 0.468 e. The number of esters is 1. The summed E-state index contributed by atoms with van der Waals surface area (Å²) in [6.45, 7) is 6.33. The number of nitrogens with zero attached hydrogens (tertiary/aromatic N) is 1. The third-order valence-corrected chi connectivity index (χ3v) is 5.76. The average Bonchev–Trinajstić information content (AvgIpc) is 2.86. The standard InChI is InChI=1S/C12H24N2O4S/c1-9(2)14(8-11-6-5-7-13-11)19(16,17)10(3)12(15)18-4/h9-11,13H,5-8H2,1-4H3. The average molecular weight is 292 g/mol. The summed E-state index contributed by atoms with van der Waals surface area (Å²) >= 11 is 0. The van der Waals surface area contributed by atoms with Crippen LogP contribution in [0, 0.1) is 0 Å². The molecule has 0 bridgehead atoms. The van der Waals surface area contributed by atoms with E-state index in [0.717, 1.165) is 19.4 Å². The molecule has 0 amide bonds. The first-order valence-electron chi connectivity index (χ1n) is 6.62. The van der Waals surface area contributed by atoms with E-state index in [1.165, 1.54) is 18.3 Å². The van der Waals surface area contributed by atoms with Gasteiger partial charge in [0.2, 0.25) is 10.0 Å². The van der Waals surface area contributed by atoms with Crippen LogP contribution in [0.15, 0.2) is 0 Å². The van der Waals surface area contributed by atoms with Gasteiger partial charge < -0.3 is 10.1 Å². The number of hydrogen-bond donors (Lipinski definition) is 1. The van der Waals surface area contributed by atoms with Gasteiger partial charge in [0.05, 0.1) is 7.11 Å². The molecule has 1 N–H and O–H groups in total. The summed E-state index contributed by atoms with van der Waals surface area (Å²) in [6.07, 6.45) is 2.02. The van der Waals surface area contributed by atoms with E-state index in [4.69, 9.17) is 0 Å². The highest BCUT2D eigenvalue weighted by molar-refractivity contribution is 7.90. The molecule has 7 heteroatoms. The van der Waals surface area contributed by atoms with Crippen LogP contribution in [-0.2, 0) is 19.6 Å². The molecule has 19 heavy (non-hydrogen) atoms. The van der Waals surface area contributed by atoms with Crippen LogP contribution >= 0.6 is 0 Å². The second-order valence-corrected chi connectivity index (χ2v) is 7.37. The number of carbonyl (C=O) groups is 1. The summed E-state index contributed by atoms with van der Waals surface area (Å²) in [5.41, 5.74) is 0. The van der Waals surface area contributed by atoms with E-state index in [0.29, 0.717) is 6.54 Å². The van der Waals surface area contributed by atoms with Gasteiger partial charge in [-0.15, -0.1) is 0 Å². The third kappa shape index (κ3) is 3.90. The molecule has 6 nitrogen and oxygen atoms in total. The molecule has 1 aliphatic rings. The molecule has 0 aromatic heterocycles. The van der Waals surface area contributed by atoms with E-state index < -0.39 is 21.2 Å². The lowest BCUT2D eigenvalue weighted by atomic mass is 10.2. The normalized spacial score (nSPS) is 21.9. The molecule has 2 unspecified atom stereocenters. The minimum Gasteiger partial charge on any atom is -0.468 e. The molecule has 1 heterocycles. The molecule has 0 aromatic rings. The van der Waals surface area contributed by atoms with Gasteiger partial charge in [-0.1, -0.05) is 0 Å². The van der Waals surface area contributed by atoms with Crippen molar-refractivity contribution in [3.63, 3.8) is 0 Å². The maximum Gasteiger partial charge on any atom is 0.325 e. The van der Waals surface area contributed by atoms with E-state index in [-0.39, 0.29) is 12.1 Å². The molecule has 0 aromatic carbocycles. The first kappa shape index (κ1) is 16.4. The van der Waals surface area contributed by atoms with Crippen molar-refractivity contribution < 1.29 is 17.9 Å². The minimum absolute atomic E-state index is 0.169. The van der Waals surface area contributed by atoms with Gasteiger partial charge in [0.1, 0.15) is 0 Å². The van der Waals surface area contributed by atoms with E-state index >= 15 is 0 Å². The molecule has 1 rings (SSSR count). The molecule has 0 aliphatic carbocycles. The van der Waals surface area contributed by atoms with Crippen LogP contribution in [0.4, 0.5) is 0 Å². The maximum atomic E-state index is 12.5. The molecule has 1 fully saturated rings. The fraction of sp³-hybridized carbons (Fsp3) is 0.917. The van der Waals surface area contributed by atoms with Crippen molar-refractivity contribution in [1.82, 2.24) is 9.62 Å². The van der Waals surface area contributed by atoms with Crippen molar-refractivity contribution >= 4 is 16.0 Å². The van der Waals surface area contributed by atoms with Gasteiger partial charge in [0.15, 0.2) is 5.25 Å². The van der Waals surface area contributed by atoms with Crippen LogP contribution in [-0.4, -0.2) is 56.2 Å². The van der Waals surface area contributed by atoms with Crippen LogP contribution < -0.4 is 5.32 Å². The zero-order valence-corrected chi connectivity index (χ0v) is 12.9. The second kappa shape index (κ2) is 6.67. The molecule has 0 radical (unpaired) electrons. The van der Waals surface area contributed by atoms with Crippen molar-refractivity contribution in [3.8, 4) is 0 Å². The van der Waals surface area contributed by atoms with Crippen LogP contribution in [0.5, 0.6) is 0 Å². The maximum absolute atomic E-state index is 12.5. The molecule has 112 valence electrons. The number of methoxy groups -OCH3 is 1. The van der Waals surface area contributed by atoms with Gasteiger partial charge >= 0.3 is 5.97 Å². The molecule has 2 atom stereocenters. The fourth-order valence-electron chi connectivity index (χ4n) is 2.23. The van der Waals surface area contributed by atoms with Gasteiger partial charge in [-0.25, -0.2) is 8.42 Å². The number of carbonyl (C=O) groups excluding carboxylic acids is 1. The molecule has 1 saturated heterocycles. The Balaban J connectivity index is 2.87. The summed E-state index contributed by atoms with van der Waals surface area (Å²) in [4.78, 5) is 11.5. The molecule has 0 spiro atoms. The Kier molecular flexibility index (Phi) is 5.76. The smallest absolute Gasteiger partial charge is 0.325 e. The minimum atomic E-state index is -3.68. The zero-order valence-electron chi connectivity index (χ0n) is 12.0. The molecular weight excluding hydrogens is 268 g/mol. The summed E-state index contributed by atoms with van der Waals surface area (Å²) in [5, 5.41) is 2.11. The van der Waals surface area contributed by atoms with Crippen LogP contribution in [0.1, 0.15) is 33.6 Å². The summed E-state index contributed by atoms with van der Waals surface area (Å²) in [7, 11) is -2.48. The van der Waals surface area contributed by atoms with Crippen molar-refractivity contribution in [3.05, 3.63) is 0 Å². The quantitative estimate of drug-likeness (QED) is 0.715. The lowest BCUT2D eigenvalue weighted by Gasteiger charge is -2.30. The molecule has 0 saturated carbocycles. The summed E-state index contributed by atoms with van der Waals surface area (Å²) in [6, 6.07) is -0.0125. The first-order chi connectivity index (χ1) is 8.80. The summed E-state index contributed by atoms with van der Waals surface area (Å²) in [5.74, 6) is -0.718. The predicted molar refractivity (Wildman–Crippen MR) is 73.3 cm³/mol. The number of rotatable bonds is 6. The van der Waals surface area contributed by atoms with Crippen LogP contribution in [0.25, 0.3) is 0 Å². The predicted octanol–water partition coefficient (Wildman–Crippen LogP) is 0.340. The van der Waals surface area contributed by atoms with Crippen LogP contribution in [0.3, 0.4) is 0 Å². The molecule has 1 aliphatic heterocycles. The van der Waals surface area contributed by atoms with Crippen molar-refractivity contribution in [2.45, 2.75) is 50.9 Å². The number of sulfonamides is 1. The van der Waals surface area contributed by atoms with Crippen molar-refractivity contribution in [2.24, 2.45) is 0 Å². The Hall–Kier alpha value is -0.660. The van der Waals surface area contributed by atoms with Gasteiger partial charge in [-0.2, -0.15) is 4.31 Å². The van der Waals surface area contributed by atoms with Crippen molar-refractivity contribution in [1.29, 1.82) is 0 Å². The van der Waals surface area contributed by atoms with Gasteiger partial charge in [0.25, 0.3) is 0 Å². The second-order valence-electron chi connectivity index (χ2n) is 5.17. The Bertz CT molecular complexity index is 402. The Morgan fingerprint density at radius 2 is 2.05 bits per heavy atom. The highest BCUT2D eigenvalue weighted by atomic mass is 32.2. The Labute approximate surface area is 115 Å². The Morgan fingerprint density at radius 3 is 2.47 bits per heavy atom. The number of ether oxygens (including phenoxy) is 1. The third-order valence-electron chi connectivity index (χ3n) is 3.45. The first-order valence-corrected chi connectivity index (χ1v) is 8.13. The van der Waals surface area contributed by atoms with Gasteiger partial charge in [-0.3, -0.25) is 4.79 Å². The van der Waals surface area contributed by atoms with Crippen molar-refractivity contribution in [2.75, 3.05) is 20.2 Å². The highest BCUT2D eigenvalue weighted by Crippen LogP contribution is 2.17. The fourth-order valence-corrected chi connectivity index (χ4v) is 3.95. The number of hydrogen-bond acceptors (Lipinski definition) is 5. The highest BCUT2D eigenvalue weighted by Gasteiger charge is 2.37.